The molecule has 0 radical (unpaired) electrons. The van der Waals surface area contributed by atoms with E-state index in [1.807, 2.05) is 44.2 Å². The van der Waals surface area contributed by atoms with E-state index in [4.69, 9.17) is 4.74 Å². The molecule has 0 atom stereocenters. The fourth-order valence-electron chi connectivity index (χ4n) is 2.92. The van der Waals surface area contributed by atoms with E-state index < -0.39 is 0 Å². The fourth-order valence-corrected chi connectivity index (χ4v) is 3.83. The molecule has 0 saturated heterocycles. The van der Waals surface area contributed by atoms with Crippen LogP contribution in [0.5, 0.6) is 5.75 Å². The van der Waals surface area contributed by atoms with Gasteiger partial charge in [-0.1, -0.05) is 42.1 Å². The normalized spacial score (nSPS) is 10.4. The Morgan fingerprint density at radius 1 is 0.968 bits per heavy atom. The van der Waals surface area contributed by atoms with Crippen LogP contribution in [0.25, 0.3) is 0 Å². The summed E-state index contributed by atoms with van der Waals surface area (Å²) in [6, 6.07) is 16.4. The fraction of sp³-hybridized carbons (Fsp3) is 0.217. The van der Waals surface area contributed by atoms with Gasteiger partial charge in [0, 0.05) is 28.3 Å². The lowest BCUT2D eigenvalue weighted by Gasteiger charge is -2.10. The highest BCUT2D eigenvalue weighted by atomic mass is 32.2. The predicted octanol–water partition coefficient (Wildman–Crippen LogP) is 3.40. The maximum atomic E-state index is 12.3. The van der Waals surface area contributed by atoms with Crippen LogP contribution in [0.2, 0.25) is 0 Å². The van der Waals surface area contributed by atoms with Gasteiger partial charge in [-0.15, -0.1) is 0 Å². The van der Waals surface area contributed by atoms with Gasteiger partial charge in [0.15, 0.2) is 5.16 Å². The Labute approximate surface area is 185 Å². The summed E-state index contributed by atoms with van der Waals surface area (Å²) in [6.07, 6.45) is 0.0982. The Bertz CT molecular complexity index is 1050. The quantitative estimate of drug-likeness (QED) is 0.335. The third-order valence-corrected chi connectivity index (χ3v) is 5.32. The lowest BCUT2D eigenvalue weighted by atomic mass is 10.1. The van der Waals surface area contributed by atoms with Crippen LogP contribution in [0.4, 0.5) is 0 Å². The summed E-state index contributed by atoms with van der Waals surface area (Å²) in [5, 5.41) is 0.733. The van der Waals surface area contributed by atoms with Crippen LogP contribution < -0.4 is 15.6 Å². The molecular weight excluding hydrogens is 412 g/mol. The number of benzene rings is 2. The first kappa shape index (κ1) is 22.3. The number of carbonyl (C=O) groups excluding carboxylic acids is 2. The third kappa shape index (κ3) is 6.55. The summed E-state index contributed by atoms with van der Waals surface area (Å²) in [7, 11) is 1.55. The molecule has 8 heteroatoms. The summed E-state index contributed by atoms with van der Waals surface area (Å²) < 4.78 is 5.24. The molecule has 0 spiro atoms. The molecule has 31 heavy (non-hydrogen) atoms. The van der Waals surface area contributed by atoms with E-state index in [1.54, 1.807) is 43.1 Å². The Kier molecular flexibility index (Phi) is 7.61. The van der Waals surface area contributed by atoms with Crippen molar-refractivity contribution in [2.45, 2.75) is 31.2 Å². The second-order valence-electron chi connectivity index (χ2n) is 6.91. The van der Waals surface area contributed by atoms with Gasteiger partial charge in [0.25, 0.3) is 5.91 Å². The first-order valence-corrected chi connectivity index (χ1v) is 10.7. The van der Waals surface area contributed by atoms with Crippen molar-refractivity contribution in [2.24, 2.45) is 0 Å². The Balaban J connectivity index is 1.50. The molecule has 2 amide bonds. The number of methoxy groups -OCH3 is 1. The van der Waals surface area contributed by atoms with Crippen LogP contribution in [0.3, 0.4) is 0 Å². The molecule has 0 saturated carbocycles. The maximum absolute atomic E-state index is 12.3. The summed E-state index contributed by atoms with van der Waals surface area (Å²) in [5.41, 5.74) is 9.00. The summed E-state index contributed by atoms with van der Waals surface area (Å²) in [4.78, 5) is 33.3. The van der Waals surface area contributed by atoms with Gasteiger partial charge in [-0.05, 0) is 43.7 Å². The molecule has 3 rings (SSSR count). The minimum atomic E-state index is -0.384. The summed E-state index contributed by atoms with van der Waals surface area (Å²) >= 11 is 1.54. The van der Waals surface area contributed by atoms with E-state index >= 15 is 0 Å². The Morgan fingerprint density at radius 3 is 2.32 bits per heavy atom. The van der Waals surface area contributed by atoms with Gasteiger partial charge in [0.1, 0.15) is 5.75 Å². The van der Waals surface area contributed by atoms with Crippen molar-refractivity contribution >= 4 is 23.6 Å². The molecule has 1 heterocycles. The van der Waals surface area contributed by atoms with Crippen LogP contribution in [0, 0.1) is 13.8 Å². The van der Waals surface area contributed by atoms with Gasteiger partial charge in [-0.25, -0.2) is 9.97 Å². The lowest BCUT2D eigenvalue weighted by molar-refractivity contribution is -0.121. The monoisotopic (exact) mass is 436 g/mol. The first-order valence-electron chi connectivity index (χ1n) is 9.69. The number of aromatic nitrogens is 2. The average molecular weight is 437 g/mol. The van der Waals surface area contributed by atoms with Crippen LogP contribution in [0.1, 0.15) is 32.9 Å². The molecule has 160 valence electrons. The number of hydrogen-bond donors (Lipinski definition) is 2. The molecule has 7 nitrogen and oxygen atoms in total. The highest BCUT2D eigenvalue weighted by Crippen LogP contribution is 2.20. The van der Waals surface area contributed by atoms with Crippen molar-refractivity contribution in [3.05, 3.63) is 82.7 Å². The second kappa shape index (κ2) is 10.6. The van der Waals surface area contributed by atoms with Crippen LogP contribution in [-0.2, 0) is 17.0 Å². The minimum Gasteiger partial charge on any atom is -0.496 e. The van der Waals surface area contributed by atoms with E-state index in [1.165, 1.54) is 0 Å². The van der Waals surface area contributed by atoms with Crippen molar-refractivity contribution < 1.29 is 14.3 Å². The molecule has 2 N–H and O–H groups in total. The number of amides is 2. The molecule has 0 aliphatic heterocycles. The number of ether oxygens (including phenoxy) is 1. The Morgan fingerprint density at radius 2 is 1.65 bits per heavy atom. The van der Waals surface area contributed by atoms with E-state index in [2.05, 4.69) is 20.8 Å². The first-order chi connectivity index (χ1) is 14.9. The van der Waals surface area contributed by atoms with Crippen LogP contribution in [0.15, 0.2) is 59.8 Å². The van der Waals surface area contributed by atoms with Gasteiger partial charge in [-0.2, -0.15) is 0 Å². The molecule has 1 aromatic heterocycles. The van der Waals surface area contributed by atoms with Gasteiger partial charge in [-0.3, -0.25) is 20.4 Å². The predicted molar refractivity (Wildman–Crippen MR) is 120 cm³/mol. The lowest BCUT2D eigenvalue weighted by Crippen LogP contribution is -2.42. The third-order valence-electron chi connectivity index (χ3n) is 4.40. The molecule has 0 unspecified atom stereocenters. The molecular formula is C23H24N4O3S. The van der Waals surface area contributed by atoms with Crippen molar-refractivity contribution in [2.75, 3.05) is 7.11 Å². The number of aryl methyl sites for hydroxylation is 2. The maximum Gasteiger partial charge on any atom is 0.269 e. The van der Waals surface area contributed by atoms with E-state index in [0.29, 0.717) is 17.1 Å². The molecule has 0 bridgehead atoms. The summed E-state index contributed by atoms with van der Waals surface area (Å²) in [5.74, 6) is 0.605. The van der Waals surface area contributed by atoms with Crippen LogP contribution >= 0.6 is 11.8 Å². The summed E-state index contributed by atoms with van der Waals surface area (Å²) in [6.45, 7) is 3.89. The highest BCUT2D eigenvalue weighted by molar-refractivity contribution is 7.98. The van der Waals surface area contributed by atoms with Crippen LogP contribution in [-0.4, -0.2) is 28.9 Å². The average Bonchev–Trinajstić information content (AvgIpc) is 2.76. The standard InChI is InChI=1S/C23H24N4O3S/c1-15-12-16(2)25-23(24-15)31-14-17-8-10-18(11-9-17)22(29)27-26-21(28)13-19-6-4-5-7-20(19)30-3/h4-12H,13-14H2,1-3H3,(H,26,28)(H,27,29). The SMILES string of the molecule is COc1ccccc1CC(=O)NNC(=O)c1ccc(CSc2nc(C)cc(C)n2)cc1. The van der Waals surface area contributed by atoms with E-state index in [-0.39, 0.29) is 18.2 Å². The van der Waals surface area contributed by atoms with Crippen molar-refractivity contribution in [3.8, 4) is 5.75 Å². The second-order valence-corrected chi connectivity index (χ2v) is 7.85. The van der Waals surface area contributed by atoms with E-state index in [9.17, 15) is 9.59 Å². The molecule has 0 fully saturated rings. The smallest absolute Gasteiger partial charge is 0.269 e. The Hall–Kier alpha value is -3.39. The van der Waals surface area contributed by atoms with Crippen molar-refractivity contribution in [1.29, 1.82) is 0 Å². The number of thioether (sulfide) groups is 1. The zero-order chi connectivity index (χ0) is 22.2. The number of rotatable bonds is 7. The number of hydrogen-bond acceptors (Lipinski definition) is 6. The number of nitrogens with one attached hydrogen (secondary N) is 2. The van der Waals surface area contributed by atoms with Crippen molar-refractivity contribution in [3.63, 3.8) is 0 Å². The van der Waals surface area contributed by atoms with Gasteiger partial charge in [0.05, 0.1) is 13.5 Å². The largest absolute Gasteiger partial charge is 0.496 e. The number of para-hydroxylation sites is 1. The van der Waals surface area contributed by atoms with Crippen molar-refractivity contribution in [1.82, 2.24) is 20.8 Å². The highest BCUT2D eigenvalue weighted by Gasteiger charge is 2.11. The van der Waals surface area contributed by atoms with Gasteiger partial charge in [0.2, 0.25) is 5.91 Å². The molecule has 0 aliphatic rings. The van der Waals surface area contributed by atoms with Gasteiger partial charge < -0.3 is 4.74 Å². The molecule has 0 aliphatic carbocycles. The minimum absolute atomic E-state index is 0.0982. The number of nitrogens with zero attached hydrogens (tertiary/aromatic N) is 2. The van der Waals surface area contributed by atoms with E-state index in [0.717, 1.165) is 27.7 Å². The van der Waals surface area contributed by atoms with Gasteiger partial charge >= 0.3 is 0 Å². The number of hydrazine groups is 1. The molecule has 3 aromatic rings. The topological polar surface area (TPSA) is 93.2 Å². The molecule has 2 aromatic carbocycles. The zero-order valence-corrected chi connectivity index (χ0v) is 18.5. The number of carbonyl (C=O) groups is 2. The zero-order valence-electron chi connectivity index (χ0n) is 17.6.